The van der Waals surface area contributed by atoms with Crippen LogP contribution in [0.1, 0.15) is 12.0 Å². The molecule has 0 unspecified atom stereocenters. The van der Waals surface area contributed by atoms with E-state index in [-0.39, 0.29) is 5.91 Å². The van der Waals surface area contributed by atoms with E-state index in [2.05, 4.69) is 5.32 Å². The summed E-state index contributed by atoms with van der Waals surface area (Å²) in [6.07, 6.45) is 0.333. The third-order valence-electron chi connectivity index (χ3n) is 3.12. The molecule has 2 rings (SSSR count). The minimum atomic E-state index is -0.0377. The van der Waals surface area contributed by atoms with Crippen LogP contribution in [0.5, 0.6) is 11.5 Å². The van der Waals surface area contributed by atoms with Crippen molar-refractivity contribution in [1.29, 1.82) is 0 Å². The van der Waals surface area contributed by atoms with Crippen LogP contribution in [0.2, 0.25) is 0 Å². The van der Waals surface area contributed by atoms with Gasteiger partial charge in [0.15, 0.2) is 0 Å². The van der Waals surface area contributed by atoms with E-state index in [1.54, 1.807) is 0 Å². The van der Waals surface area contributed by atoms with Gasteiger partial charge >= 0.3 is 0 Å². The van der Waals surface area contributed by atoms with Crippen molar-refractivity contribution < 1.29 is 14.3 Å². The van der Waals surface area contributed by atoms with Gasteiger partial charge in [0.05, 0.1) is 19.6 Å². The van der Waals surface area contributed by atoms with Crippen molar-refractivity contribution in [2.45, 2.75) is 13.3 Å². The van der Waals surface area contributed by atoms with Crippen LogP contribution in [0, 0.1) is 6.92 Å². The van der Waals surface area contributed by atoms with Crippen LogP contribution in [0.3, 0.4) is 0 Å². The quantitative estimate of drug-likeness (QED) is 0.762. The summed E-state index contributed by atoms with van der Waals surface area (Å²) >= 11 is 0. The number of carbonyl (C=O) groups is 1. The molecule has 4 heteroatoms. The maximum Gasteiger partial charge on any atom is 0.223 e. The lowest BCUT2D eigenvalue weighted by Crippen LogP contribution is -2.29. The number of ether oxygens (including phenoxy) is 2. The van der Waals surface area contributed by atoms with Crippen LogP contribution in [-0.4, -0.2) is 25.7 Å². The van der Waals surface area contributed by atoms with Gasteiger partial charge in [-0.15, -0.1) is 0 Å². The van der Waals surface area contributed by atoms with Gasteiger partial charge in [-0.1, -0.05) is 36.4 Å². The maximum absolute atomic E-state index is 11.7. The SMILES string of the molecule is Cc1ccccc1OCCNC(=O)CCOc1ccccc1. The third-order valence-corrected chi connectivity index (χ3v) is 3.12. The van der Waals surface area contributed by atoms with Crippen molar-refractivity contribution in [2.24, 2.45) is 0 Å². The molecule has 0 aromatic heterocycles. The largest absolute Gasteiger partial charge is 0.493 e. The van der Waals surface area contributed by atoms with Crippen molar-refractivity contribution in [3.8, 4) is 11.5 Å². The number of rotatable bonds is 8. The molecule has 1 amide bonds. The lowest BCUT2D eigenvalue weighted by molar-refractivity contribution is -0.121. The second kappa shape index (κ2) is 8.72. The molecule has 0 saturated carbocycles. The van der Waals surface area contributed by atoms with Crippen molar-refractivity contribution in [2.75, 3.05) is 19.8 Å². The third kappa shape index (κ3) is 5.48. The van der Waals surface area contributed by atoms with Crippen LogP contribution in [0.15, 0.2) is 54.6 Å². The molecule has 0 fully saturated rings. The highest BCUT2D eigenvalue weighted by molar-refractivity contribution is 5.75. The summed E-state index contributed by atoms with van der Waals surface area (Å²) in [6.45, 7) is 3.30. The van der Waals surface area contributed by atoms with Crippen molar-refractivity contribution in [3.05, 3.63) is 60.2 Å². The van der Waals surface area contributed by atoms with Gasteiger partial charge in [-0.05, 0) is 30.7 Å². The molecule has 2 aromatic rings. The maximum atomic E-state index is 11.7. The molecular formula is C18H21NO3. The molecular weight excluding hydrogens is 278 g/mol. The number of carbonyl (C=O) groups excluding carboxylic acids is 1. The zero-order valence-corrected chi connectivity index (χ0v) is 12.7. The monoisotopic (exact) mass is 299 g/mol. The number of amides is 1. The first-order chi connectivity index (χ1) is 10.8. The molecule has 0 radical (unpaired) electrons. The van der Waals surface area contributed by atoms with Gasteiger partial charge in [0.25, 0.3) is 0 Å². The van der Waals surface area contributed by atoms with Gasteiger partial charge in [-0.3, -0.25) is 4.79 Å². The molecule has 0 bridgehead atoms. The Morgan fingerprint density at radius 2 is 1.68 bits per heavy atom. The molecule has 0 saturated heterocycles. The molecule has 22 heavy (non-hydrogen) atoms. The number of hydrogen-bond acceptors (Lipinski definition) is 3. The van der Waals surface area contributed by atoms with E-state index in [0.717, 1.165) is 17.1 Å². The first-order valence-corrected chi connectivity index (χ1v) is 7.38. The van der Waals surface area contributed by atoms with Gasteiger partial charge in [-0.25, -0.2) is 0 Å². The summed E-state index contributed by atoms with van der Waals surface area (Å²) in [7, 11) is 0. The van der Waals surface area contributed by atoms with E-state index >= 15 is 0 Å². The van der Waals surface area contributed by atoms with Crippen LogP contribution in [0.25, 0.3) is 0 Å². The molecule has 0 atom stereocenters. The summed E-state index contributed by atoms with van der Waals surface area (Å²) in [5, 5.41) is 2.81. The summed E-state index contributed by atoms with van der Waals surface area (Å²) in [4.78, 5) is 11.7. The first-order valence-electron chi connectivity index (χ1n) is 7.38. The number of hydrogen-bond donors (Lipinski definition) is 1. The highest BCUT2D eigenvalue weighted by atomic mass is 16.5. The van der Waals surface area contributed by atoms with Gasteiger partial charge in [-0.2, -0.15) is 0 Å². The number of aryl methyl sites for hydroxylation is 1. The summed E-state index contributed by atoms with van der Waals surface area (Å²) in [6, 6.07) is 17.3. The molecule has 0 heterocycles. The zero-order valence-electron chi connectivity index (χ0n) is 12.7. The Hall–Kier alpha value is -2.49. The van der Waals surface area contributed by atoms with E-state index in [1.165, 1.54) is 0 Å². The number of para-hydroxylation sites is 2. The fraction of sp³-hybridized carbons (Fsp3) is 0.278. The molecule has 2 aromatic carbocycles. The highest BCUT2D eigenvalue weighted by Crippen LogP contribution is 2.15. The van der Waals surface area contributed by atoms with Crippen LogP contribution in [-0.2, 0) is 4.79 Å². The highest BCUT2D eigenvalue weighted by Gasteiger charge is 2.02. The van der Waals surface area contributed by atoms with E-state index in [4.69, 9.17) is 9.47 Å². The van der Waals surface area contributed by atoms with Gasteiger partial charge in [0, 0.05) is 0 Å². The number of benzene rings is 2. The standard InChI is InChI=1S/C18H21NO3/c1-15-7-5-6-10-17(15)22-14-12-19-18(20)11-13-21-16-8-3-2-4-9-16/h2-10H,11-14H2,1H3,(H,19,20). The average Bonchev–Trinajstić information content (AvgIpc) is 2.54. The Morgan fingerprint density at radius 1 is 0.955 bits per heavy atom. The Morgan fingerprint density at radius 3 is 2.45 bits per heavy atom. The van der Waals surface area contributed by atoms with Gasteiger partial charge in [0.1, 0.15) is 18.1 Å². The fourth-order valence-electron chi connectivity index (χ4n) is 1.94. The smallest absolute Gasteiger partial charge is 0.223 e. The van der Waals surface area contributed by atoms with E-state index in [1.807, 2.05) is 61.5 Å². The van der Waals surface area contributed by atoms with E-state index < -0.39 is 0 Å². The predicted octanol–water partition coefficient (Wildman–Crippen LogP) is 2.96. The minimum Gasteiger partial charge on any atom is -0.493 e. The van der Waals surface area contributed by atoms with Crippen LogP contribution >= 0.6 is 0 Å². The molecule has 0 spiro atoms. The molecule has 0 aliphatic rings. The average molecular weight is 299 g/mol. The number of nitrogens with one attached hydrogen (secondary N) is 1. The van der Waals surface area contributed by atoms with Crippen LogP contribution < -0.4 is 14.8 Å². The Balaban J connectivity index is 1.57. The fourth-order valence-corrected chi connectivity index (χ4v) is 1.94. The van der Waals surface area contributed by atoms with Crippen LogP contribution in [0.4, 0.5) is 0 Å². The van der Waals surface area contributed by atoms with Crippen molar-refractivity contribution in [1.82, 2.24) is 5.32 Å². The Labute approximate surface area is 131 Å². The first kappa shape index (κ1) is 15.9. The second-order valence-electron chi connectivity index (χ2n) is 4.88. The van der Waals surface area contributed by atoms with Crippen molar-refractivity contribution in [3.63, 3.8) is 0 Å². The van der Waals surface area contributed by atoms with Gasteiger partial charge in [0.2, 0.25) is 5.91 Å². The van der Waals surface area contributed by atoms with Gasteiger partial charge < -0.3 is 14.8 Å². The topological polar surface area (TPSA) is 47.6 Å². The molecule has 1 N–H and O–H groups in total. The Kier molecular flexibility index (Phi) is 6.30. The second-order valence-corrected chi connectivity index (χ2v) is 4.88. The molecule has 0 aliphatic carbocycles. The zero-order chi connectivity index (χ0) is 15.6. The summed E-state index contributed by atoms with van der Waals surface area (Å²) in [5.41, 5.74) is 1.09. The van der Waals surface area contributed by atoms with Crippen molar-refractivity contribution >= 4 is 5.91 Å². The lowest BCUT2D eigenvalue weighted by Gasteiger charge is -2.10. The van der Waals surface area contributed by atoms with E-state index in [0.29, 0.717) is 26.2 Å². The minimum absolute atomic E-state index is 0.0377. The Bertz CT molecular complexity index is 584. The lowest BCUT2D eigenvalue weighted by atomic mass is 10.2. The summed E-state index contributed by atoms with van der Waals surface area (Å²) in [5.74, 6) is 1.59. The normalized spacial score (nSPS) is 10.0. The summed E-state index contributed by atoms with van der Waals surface area (Å²) < 4.78 is 11.1. The molecule has 0 aliphatic heterocycles. The van der Waals surface area contributed by atoms with E-state index in [9.17, 15) is 4.79 Å². The molecule has 116 valence electrons. The predicted molar refractivity (Wildman–Crippen MR) is 86.2 cm³/mol. The molecule has 4 nitrogen and oxygen atoms in total.